The molecule has 0 aliphatic rings. The predicted octanol–water partition coefficient (Wildman–Crippen LogP) is 4.92. The van der Waals surface area contributed by atoms with Crippen molar-refractivity contribution < 1.29 is 9.53 Å². The van der Waals surface area contributed by atoms with E-state index in [0.29, 0.717) is 33.8 Å². The lowest BCUT2D eigenvalue weighted by molar-refractivity contribution is 0.0942. The zero-order valence-electron chi connectivity index (χ0n) is 20.5. The Kier molecular flexibility index (Phi) is 7.11. The molecule has 0 aliphatic heterocycles. The molecule has 190 valence electrons. The Morgan fingerprint density at radius 1 is 1.00 bits per heavy atom. The van der Waals surface area contributed by atoms with Gasteiger partial charge in [0.1, 0.15) is 5.75 Å². The van der Waals surface area contributed by atoms with E-state index in [0.717, 1.165) is 11.1 Å². The SMILES string of the molecule is COc1ccccc1Cn1ccc(C(=O)NC(c2ccccc2)c2c[nH]c3cc(Cl)ccc3c2=O)cc1=O. The van der Waals surface area contributed by atoms with Crippen LogP contribution in [0.2, 0.25) is 5.02 Å². The van der Waals surface area contributed by atoms with E-state index in [-0.39, 0.29) is 16.6 Å². The maximum Gasteiger partial charge on any atom is 0.252 e. The van der Waals surface area contributed by atoms with Gasteiger partial charge in [-0.15, -0.1) is 0 Å². The van der Waals surface area contributed by atoms with E-state index in [9.17, 15) is 14.4 Å². The van der Waals surface area contributed by atoms with Gasteiger partial charge in [0.05, 0.1) is 25.2 Å². The van der Waals surface area contributed by atoms with Crippen molar-refractivity contribution in [1.29, 1.82) is 0 Å². The molecule has 1 unspecified atom stereocenters. The first-order valence-electron chi connectivity index (χ1n) is 11.9. The van der Waals surface area contributed by atoms with Crippen molar-refractivity contribution in [2.24, 2.45) is 0 Å². The highest BCUT2D eigenvalue weighted by molar-refractivity contribution is 6.31. The number of methoxy groups -OCH3 is 1. The van der Waals surface area contributed by atoms with Gasteiger partial charge in [0, 0.05) is 45.6 Å². The number of H-pyrrole nitrogens is 1. The van der Waals surface area contributed by atoms with E-state index >= 15 is 0 Å². The van der Waals surface area contributed by atoms with Crippen LogP contribution in [0.15, 0.2) is 107 Å². The second-order valence-electron chi connectivity index (χ2n) is 8.77. The Balaban J connectivity index is 1.47. The van der Waals surface area contributed by atoms with Crippen LogP contribution in [0, 0.1) is 0 Å². The van der Waals surface area contributed by atoms with Crippen molar-refractivity contribution in [2.75, 3.05) is 7.11 Å². The van der Waals surface area contributed by atoms with Gasteiger partial charge in [-0.1, -0.05) is 60.1 Å². The van der Waals surface area contributed by atoms with Gasteiger partial charge >= 0.3 is 0 Å². The standard InChI is InChI=1S/C30H24ClN3O4/c1-38-26-10-6-5-9-21(26)18-34-14-13-20(15-27(34)35)30(37)33-28(19-7-3-2-4-8-19)24-17-32-25-16-22(31)11-12-23(25)29(24)36/h2-17,28H,18H2,1H3,(H,32,36)(H,33,37). The largest absolute Gasteiger partial charge is 0.496 e. The zero-order chi connectivity index (χ0) is 26.6. The molecule has 2 aromatic heterocycles. The lowest BCUT2D eigenvalue weighted by atomic mass is 9.98. The average Bonchev–Trinajstić information content (AvgIpc) is 2.94. The van der Waals surface area contributed by atoms with Crippen LogP contribution in [-0.4, -0.2) is 22.6 Å². The van der Waals surface area contributed by atoms with Crippen molar-refractivity contribution in [3.63, 3.8) is 0 Å². The fourth-order valence-corrected chi connectivity index (χ4v) is 4.59. The highest BCUT2D eigenvalue weighted by atomic mass is 35.5. The molecule has 0 aliphatic carbocycles. The number of para-hydroxylation sites is 1. The van der Waals surface area contributed by atoms with Gasteiger partial charge in [-0.3, -0.25) is 14.4 Å². The van der Waals surface area contributed by atoms with Crippen molar-refractivity contribution in [2.45, 2.75) is 12.6 Å². The number of nitrogens with zero attached hydrogens (tertiary/aromatic N) is 1. The van der Waals surface area contributed by atoms with E-state index in [1.165, 1.54) is 10.6 Å². The van der Waals surface area contributed by atoms with E-state index in [1.54, 1.807) is 43.8 Å². The van der Waals surface area contributed by atoms with Crippen molar-refractivity contribution in [1.82, 2.24) is 14.9 Å². The summed E-state index contributed by atoms with van der Waals surface area (Å²) in [5.41, 5.74) is 2.17. The number of benzene rings is 3. The predicted molar refractivity (Wildman–Crippen MR) is 148 cm³/mol. The molecule has 5 aromatic rings. The Labute approximate surface area is 223 Å². The number of rotatable bonds is 7. The quantitative estimate of drug-likeness (QED) is 0.315. The summed E-state index contributed by atoms with van der Waals surface area (Å²) >= 11 is 6.08. The van der Waals surface area contributed by atoms with Crippen LogP contribution >= 0.6 is 11.6 Å². The lowest BCUT2D eigenvalue weighted by Gasteiger charge is -2.20. The van der Waals surface area contributed by atoms with Crippen molar-refractivity contribution >= 4 is 28.4 Å². The molecule has 0 saturated carbocycles. The molecule has 8 heteroatoms. The molecule has 38 heavy (non-hydrogen) atoms. The van der Waals surface area contributed by atoms with Crippen LogP contribution in [-0.2, 0) is 6.54 Å². The van der Waals surface area contributed by atoms with E-state index in [1.807, 2.05) is 54.6 Å². The molecule has 2 heterocycles. The van der Waals surface area contributed by atoms with Crippen LogP contribution in [0.5, 0.6) is 5.75 Å². The van der Waals surface area contributed by atoms with E-state index in [4.69, 9.17) is 16.3 Å². The number of aromatic nitrogens is 2. The Morgan fingerprint density at radius 3 is 2.53 bits per heavy atom. The van der Waals surface area contributed by atoms with Crippen LogP contribution in [0.3, 0.4) is 0 Å². The highest BCUT2D eigenvalue weighted by Gasteiger charge is 2.22. The maximum absolute atomic E-state index is 13.4. The van der Waals surface area contributed by atoms with Gasteiger partial charge in [-0.25, -0.2) is 0 Å². The topological polar surface area (TPSA) is 93.2 Å². The minimum absolute atomic E-state index is 0.191. The molecule has 0 spiro atoms. The fraction of sp³-hybridized carbons (Fsp3) is 0.100. The molecule has 1 amide bonds. The third-order valence-electron chi connectivity index (χ3n) is 6.38. The number of ether oxygens (including phenoxy) is 1. The van der Waals surface area contributed by atoms with Crippen LogP contribution < -0.4 is 21.0 Å². The van der Waals surface area contributed by atoms with Gasteiger partial charge in [-0.2, -0.15) is 0 Å². The Morgan fingerprint density at radius 2 is 1.76 bits per heavy atom. The molecule has 0 saturated heterocycles. The van der Waals surface area contributed by atoms with Gasteiger partial charge in [0.15, 0.2) is 5.43 Å². The van der Waals surface area contributed by atoms with Crippen LogP contribution in [0.1, 0.15) is 33.1 Å². The molecule has 0 fully saturated rings. The molecule has 0 radical (unpaired) electrons. The second kappa shape index (κ2) is 10.8. The van der Waals surface area contributed by atoms with Crippen LogP contribution in [0.25, 0.3) is 10.9 Å². The first-order chi connectivity index (χ1) is 18.4. The summed E-state index contributed by atoms with van der Waals surface area (Å²) in [6.07, 6.45) is 3.16. The molecule has 1 atom stereocenters. The fourth-order valence-electron chi connectivity index (χ4n) is 4.42. The summed E-state index contributed by atoms with van der Waals surface area (Å²) in [5.74, 6) is 0.200. The molecule has 7 nitrogen and oxygen atoms in total. The lowest BCUT2D eigenvalue weighted by Crippen LogP contribution is -2.33. The summed E-state index contributed by atoms with van der Waals surface area (Å²) in [5, 5.41) is 3.91. The third-order valence-corrected chi connectivity index (χ3v) is 6.62. The van der Waals surface area contributed by atoms with Gasteiger partial charge in [-0.05, 0) is 35.9 Å². The summed E-state index contributed by atoms with van der Waals surface area (Å²) in [7, 11) is 1.58. The molecule has 2 N–H and O–H groups in total. The normalized spacial score (nSPS) is 11.7. The smallest absolute Gasteiger partial charge is 0.252 e. The first kappa shape index (κ1) is 25.0. The summed E-state index contributed by atoms with van der Waals surface area (Å²) in [4.78, 5) is 42.7. The Hall–Kier alpha value is -4.62. The minimum atomic E-state index is -0.747. The first-order valence-corrected chi connectivity index (χ1v) is 12.3. The third kappa shape index (κ3) is 5.10. The van der Waals surface area contributed by atoms with Crippen molar-refractivity contribution in [3.05, 3.63) is 145 Å². The average molecular weight is 526 g/mol. The summed E-state index contributed by atoms with van der Waals surface area (Å²) in [6, 6.07) is 23.8. The number of nitrogens with one attached hydrogen (secondary N) is 2. The Bertz CT molecular complexity index is 1740. The van der Waals surface area contributed by atoms with Crippen LogP contribution in [0.4, 0.5) is 0 Å². The molecule has 0 bridgehead atoms. The number of fused-ring (bicyclic) bond motifs is 1. The molecule has 5 rings (SSSR count). The summed E-state index contributed by atoms with van der Waals surface area (Å²) in [6.45, 7) is 0.299. The van der Waals surface area contributed by atoms with Crippen molar-refractivity contribution in [3.8, 4) is 5.75 Å². The highest BCUT2D eigenvalue weighted by Crippen LogP contribution is 2.23. The van der Waals surface area contributed by atoms with E-state index in [2.05, 4.69) is 10.3 Å². The van der Waals surface area contributed by atoms with Gasteiger partial charge < -0.3 is 19.6 Å². The monoisotopic (exact) mass is 525 g/mol. The number of hydrogen-bond donors (Lipinski definition) is 2. The number of halogens is 1. The zero-order valence-corrected chi connectivity index (χ0v) is 21.2. The molecular weight excluding hydrogens is 502 g/mol. The minimum Gasteiger partial charge on any atom is -0.496 e. The molecular formula is C30H24ClN3O4. The number of carbonyl (C=O) groups is 1. The number of carbonyl (C=O) groups excluding carboxylic acids is 1. The van der Waals surface area contributed by atoms with Gasteiger partial charge in [0.25, 0.3) is 11.5 Å². The second-order valence-corrected chi connectivity index (χ2v) is 9.21. The number of amides is 1. The summed E-state index contributed by atoms with van der Waals surface area (Å²) < 4.78 is 6.88. The molecule has 3 aromatic carbocycles. The number of hydrogen-bond acceptors (Lipinski definition) is 4. The maximum atomic E-state index is 13.4. The number of aromatic amines is 1. The van der Waals surface area contributed by atoms with E-state index < -0.39 is 11.9 Å². The number of pyridine rings is 2. The van der Waals surface area contributed by atoms with Gasteiger partial charge in [0.2, 0.25) is 0 Å².